The summed E-state index contributed by atoms with van der Waals surface area (Å²) in [5.41, 5.74) is 3.07. The van der Waals surface area contributed by atoms with Gasteiger partial charge in [-0.25, -0.2) is 4.79 Å². The van der Waals surface area contributed by atoms with E-state index >= 15 is 0 Å². The van der Waals surface area contributed by atoms with Crippen LogP contribution in [-0.4, -0.2) is 25.1 Å². The molecule has 136 valence electrons. The molecule has 1 unspecified atom stereocenters. The number of anilines is 1. The van der Waals surface area contributed by atoms with Crippen LogP contribution in [0.1, 0.15) is 40.9 Å². The number of hydrogen-bond acceptors (Lipinski definition) is 3. The Balaban J connectivity index is 1.67. The van der Waals surface area contributed by atoms with E-state index in [-0.39, 0.29) is 18.0 Å². The first kappa shape index (κ1) is 17.8. The molecule has 0 saturated carbocycles. The molecule has 6 heteroatoms. The highest BCUT2D eigenvalue weighted by molar-refractivity contribution is 5.96. The first-order valence-corrected chi connectivity index (χ1v) is 8.76. The van der Waals surface area contributed by atoms with Crippen LogP contribution >= 0.6 is 0 Å². The maximum absolute atomic E-state index is 12.4. The normalized spacial score (nSPS) is 15.4. The highest BCUT2D eigenvalue weighted by Crippen LogP contribution is 2.31. The molecule has 3 rings (SSSR count). The van der Waals surface area contributed by atoms with E-state index in [0.717, 1.165) is 23.3 Å². The molecule has 0 fully saturated rings. The lowest BCUT2D eigenvalue weighted by atomic mass is 10.0. The summed E-state index contributed by atoms with van der Waals surface area (Å²) in [6, 6.07) is 12.6. The number of amides is 3. The van der Waals surface area contributed by atoms with Gasteiger partial charge < -0.3 is 20.7 Å². The lowest BCUT2D eigenvalue weighted by molar-refractivity contribution is 0.0955. The van der Waals surface area contributed by atoms with Gasteiger partial charge in [0.05, 0.1) is 12.6 Å². The van der Waals surface area contributed by atoms with E-state index in [0.29, 0.717) is 24.4 Å². The van der Waals surface area contributed by atoms with Crippen LogP contribution in [0.5, 0.6) is 5.75 Å². The molecule has 0 aliphatic carbocycles. The van der Waals surface area contributed by atoms with E-state index in [2.05, 4.69) is 16.0 Å². The lowest BCUT2D eigenvalue weighted by Gasteiger charge is -2.26. The van der Waals surface area contributed by atoms with Crippen LogP contribution < -0.4 is 20.7 Å². The summed E-state index contributed by atoms with van der Waals surface area (Å²) in [7, 11) is 0. The van der Waals surface area contributed by atoms with Crippen LogP contribution in [0.15, 0.2) is 42.5 Å². The quantitative estimate of drug-likeness (QED) is 0.788. The third-order valence-corrected chi connectivity index (χ3v) is 4.34. The first-order chi connectivity index (χ1) is 12.6. The van der Waals surface area contributed by atoms with E-state index < -0.39 is 0 Å². The maximum Gasteiger partial charge on any atom is 0.319 e. The van der Waals surface area contributed by atoms with Crippen molar-refractivity contribution < 1.29 is 14.3 Å². The molecule has 0 bridgehead atoms. The molecule has 0 saturated heterocycles. The molecule has 6 nitrogen and oxygen atoms in total. The molecular formula is C20H23N3O3. The molecule has 2 aromatic carbocycles. The Morgan fingerprint density at radius 3 is 2.77 bits per heavy atom. The molecule has 3 N–H and O–H groups in total. The summed E-state index contributed by atoms with van der Waals surface area (Å²) >= 11 is 0. The number of urea groups is 1. The monoisotopic (exact) mass is 353 g/mol. The van der Waals surface area contributed by atoms with Gasteiger partial charge in [-0.15, -0.1) is 0 Å². The van der Waals surface area contributed by atoms with Crippen LogP contribution in [0.25, 0.3) is 0 Å². The molecule has 1 atom stereocenters. The summed E-state index contributed by atoms with van der Waals surface area (Å²) in [6.45, 7) is 4.89. The summed E-state index contributed by atoms with van der Waals surface area (Å²) < 4.78 is 5.62. The number of carbonyl (C=O) groups excluding carboxylic acids is 2. The average molecular weight is 353 g/mol. The highest BCUT2D eigenvalue weighted by atomic mass is 16.5. The molecule has 1 heterocycles. The Morgan fingerprint density at radius 2 is 2.00 bits per heavy atom. The number of ether oxygens (including phenoxy) is 1. The minimum Gasteiger partial charge on any atom is -0.493 e. The molecule has 3 amide bonds. The Labute approximate surface area is 152 Å². The van der Waals surface area contributed by atoms with Gasteiger partial charge in [0.1, 0.15) is 5.75 Å². The fourth-order valence-corrected chi connectivity index (χ4v) is 3.02. The molecule has 0 radical (unpaired) electrons. The van der Waals surface area contributed by atoms with Gasteiger partial charge in [0.25, 0.3) is 5.91 Å². The second-order valence-corrected chi connectivity index (χ2v) is 6.22. The fraction of sp³-hybridized carbons (Fsp3) is 0.300. The topological polar surface area (TPSA) is 79.5 Å². The first-order valence-electron chi connectivity index (χ1n) is 8.76. The predicted octanol–water partition coefficient (Wildman–Crippen LogP) is 3.39. The summed E-state index contributed by atoms with van der Waals surface area (Å²) in [4.78, 5) is 24.3. The minimum atomic E-state index is -0.277. The van der Waals surface area contributed by atoms with Crippen molar-refractivity contribution >= 4 is 17.6 Å². The van der Waals surface area contributed by atoms with Crippen molar-refractivity contribution in [2.75, 3.05) is 18.5 Å². The number of carbonyl (C=O) groups is 2. The number of fused-ring (bicyclic) bond motifs is 1. The zero-order valence-electron chi connectivity index (χ0n) is 15.0. The number of nitrogens with one attached hydrogen (secondary N) is 3. The predicted molar refractivity (Wildman–Crippen MR) is 101 cm³/mol. The third-order valence-electron chi connectivity index (χ3n) is 4.34. The number of hydrogen-bond donors (Lipinski definition) is 3. The van der Waals surface area contributed by atoms with Crippen LogP contribution in [0.2, 0.25) is 0 Å². The Morgan fingerprint density at radius 1 is 1.19 bits per heavy atom. The van der Waals surface area contributed by atoms with Gasteiger partial charge in [0, 0.05) is 29.8 Å². The van der Waals surface area contributed by atoms with Crippen molar-refractivity contribution in [2.24, 2.45) is 0 Å². The third kappa shape index (κ3) is 3.96. The van der Waals surface area contributed by atoms with Crippen molar-refractivity contribution in [3.05, 3.63) is 59.2 Å². The van der Waals surface area contributed by atoms with Crippen molar-refractivity contribution in [1.29, 1.82) is 0 Å². The van der Waals surface area contributed by atoms with E-state index in [1.165, 1.54) is 0 Å². The zero-order chi connectivity index (χ0) is 18.5. The summed E-state index contributed by atoms with van der Waals surface area (Å²) in [5.74, 6) is 0.692. The largest absolute Gasteiger partial charge is 0.493 e. The van der Waals surface area contributed by atoms with Crippen molar-refractivity contribution in [1.82, 2.24) is 10.6 Å². The lowest BCUT2D eigenvalue weighted by Crippen LogP contribution is -2.35. The van der Waals surface area contributed by atoms with Crippen LogP contribution in [0, 0.1) is 6.92 Å². The van der Waals surface area contributed by atoms with E-state index in [9.17, 15) is 9.59 Å². The fourth-order valence-electron chi connectivity index (χ4n) is 3.02. The smallest absolute Gasteiger partial charge is 0.319 e. The number of rotatable bonds is 4. The number of para-hydroxylation sites is 1. The maximum atomic E-state index is 12.4. The molecule has 2 aromatic rings. The van der Waals surface area contributed by atoms with Crippen LogP contribution in [0.3, 0.4) is 0 Å². The molecule has 0 aromatic heterocycles. The summed E-state index contributed by atoms with van der Waals surface area (Å²) in [5, 5.41) is 8.63. The zero-order valence-corrected chi connectivity index (χ0v) is 15.0. The van der Waals surface area contributed by atoms with E-state index in [4.69, 9.17) is 4.74 Å². The average Bonchev–Trinajstić information content (AvgIpc) is 2.64. The molecule has 0 spiro atoms. The molecular weight excluding hydrogens is 330 g/mol. The minimum absolute atomic E-state index is 0.0881. The standard InChI is InChI=1S/C20H23N3O3/c1-3-21-19(24)14-8-9-16(13(2)12-14)22-20(25)23-17-10-11-26-18-7-5-4-6-15(17)18/h4-9,12,17H,3,10-11H2,1-2H3,(H,21,24)(H2,22,23,25). The van der Waals surface area contributed by atoms with E-state index in [1.54, 1.807) is 18.2 Å². The number of benzene rings is 2. The van der Waals surface area contributed by atoms with E-state index in [1.807, 2.05) is 38.1 Å². The molecule has 1 aliphatic heterocycles. The number of aryl methyl sites for hydroxylation is 1. The van der Waals surface area contributed by atoms with Gasteiger partial charge in [-0.2, -0.15) is 0 Å². The SMILES string of the molecule is CCNC(=O)c1ccc(NC(=O)NC2CCOc3ccccc32)c(C)c1. The second-order valence-electron chi connectivity index (χ2n) is 6.22. The van der Waals surface area contributed by atoms with Crippen molar-refractivity contribution in [3.63, 3.8) is 0 Å². The van der Waals surface area contributed by atoms with Gasteiger partial charge in [-0.3, -0.25) is 4.79 Å². The Hall–Kier alpha value is -3.02. The van der Waals surface area contributed by atoms with Gasteiger partial charge in [-0.1, -0.05) is 18.2 Å². The van der Waals surface area contributed by atoms with Crippen molar-refractivity contribution in [2.45, 2.75) is 26.3 Å². The van der Waals surface area contributed by atoms with Gasteiger partial charge in [0.2, 0.25) is 0 Å². The van der Waals surface area contributed by atoms with Gasteiger partial charge in [0.15, 0.2) is 0 Å². The molecule has 26 heavy (non-hydrogen) atoms. The van der Waals surface area contributed by atoms with Gasteiger partial charge >= 0.3 is 6.03 Å². The highest BCUT2D eigenvalue weighted by Gasteiger charge is 2.22. The van der Waals surface area contributed by atoms with Gasteiger partial charge in [-0.05, 0) is 43.7 Å². The Bertz CT molecular complexity index is 820. The van der Waals surface area contributed by atoms with Crippen LogP contribution in [0.4, 0.5) is 10.5 Å². The van der Waals surface area contributed by atoms with Crippen LogP contribution in [-0.2, 0) is 0 Å². The summed E-state index contributed by atoms with van der Waals surface area (Å²) in [6.07, 6.45) is 0.722. The van der Waals surface area contributed by atoms with Crippen molar-refractivity contribution in [3.8, 4) is 5.75 Å². The Kier molecular flexibility index (Phi) is 5.41. The molecule has 1 aliphatic rings. The second kappa shape index (κ2) is 7.91.